The number of hydrogen-bond donors (Lipinski definition) is 1. The first kappa shape index (κ1) is 12.9. The standard InChI is InChI=1S/C11H12FNO2.ClH/c1-15-11(14)8-5-7-6(4-9(8)12)2-3-10(7)13;/h4-5,10H,2-3,13H2,1H3;1H/t10-;/m1./s1. The van der Waals surface area contributed by atoms with Crippen LogP contribution in [-0.2, 0) is 11.2 Å². The zero-order valence-corrected chi connectivity index (χ0v) is 9.64. The van der Waals surface area contributed by atoms with Crippen LogP contribution >= 0.6 is 12.4 Å². The summed E-state index contributed by atoms with van der Waals surface area (Å²) in [5.74, 6) is -1.19. The molecule has 2 rings (SSSR count). The normalized spacial score (nSPS) is 17.6. The van der Waals surface area contributed by atoms with Crippen LogP contribution < -0.4 is 5.73 Å². The van der Waals surface area contributed by atoms with Crippen LogP contribution in [0, 0.1) is 5.82 Å². The van der Waals surface area contributed by atoms with Gasteiger partial charge in [0.1, 0.15) is 5.82 Å². The van der Waals surface area contributed by atoms with Crippen molar-refractivity contribution in [3.8, 4) is 0 Å². The number of halogens is 2. The average Bonchev–Trinajstić information content (AvgIpc) is 2.58. The van der Waals surface area contributed by atoms with Crippen molar-refractivity contribution in [2.75, 3.05) is 7.11 Å². The van der Waals surface area contributed by atoms with E-state index in [0.717, 1.165) is 24.0 Å². The second-order valence-electron chi connectivity index (χ2n) is 3.67. The number of carbonyl (C=O) groups excluding carboxylic acids is 1. The highest BCUT2D eigenvalue weighted by Gasteiger charge is 2.23. The lowest BCUT2D eigenvalue weighted by molar-refractivity contribution is 0.0595. The third-order valence-electron chi connectivity index (χ3n) is 2.76. The molecule has 3 nitrogen and oxygen atoms in total. The third kappa shape index (κ3) is 2.03. The maximum Gasteiger partial charge on any atom is 0.340 e. The van der Waals surface area contributed by atoms with E-state index in [0.29, 0.717) is 0 Å². The molecule has 1 aliphatic rings. The van der Waals surface area contributed by atoms with Crippen molar-refractivity contribution in [1.82, 2.24) is 0 Å². The Morgan fingerprint density at radius 2 is 2.25 bits per heavy atom. The van der Waals surface area contributed by atoms with Crippen molar-refractivity contribution in [3.63, 3.8) is 0 Å². The van der Waals surface area contributed by atoms with Gasteiger partial charge in [-0.15, -0.1) is 12.4 Å². The van der Waals surface area contributed by atoms with Crippen molar-refractivity contribution >= 4 is 18.4 Å². The second kappa shape index (κ2) is 4.80. The van der Waals surface area contributed by atoms with Crippen molar-refractivity contribution < 1.29 is 13.9 Å². The summed E-state index contributed by atoms with van der Waals surface area (Å²) in [6, 6.07) is 2.80. The molecule has 16 heavy (non-hydrogen) atoms. The van der Waals surface area contributed by atoms with Crippen molar-refractivity contribution in [3.05, 3.63) is 34.6 Å². The number of hydrogen-bond acceptors (Lipinski definition) is 3. The predicted octanol–water partition coefficient (Wildman–Crippen LogP) is 1.98. The minimum absolute atomic E-state index is 0. The molecule has 0 radical (unpaired) electrons. The Morgan fingerprint density at radius 1 is 1.56 bits per heavy atom. The van der Waals surface area contributed by atoms with Gasteiger partial charge in [0.05, 0.1) is 12.7 Å². The highest BCUT2D eigenvalue weighted by Crippen LogP contribution is 2.31. The van der Waals surface area contributed by atoms with E-state index in [2.05, 4.69) is 4.74 Å². The molecule has 1 aromatic rings. The summed E-state index contributed by atoms with van der Waals surface area (Å²) in [4.78, 5) is 11.2. The summed E-state index contributed by atoms with van der Waals surface area (Å²) in [5, 5.41) is 0. The Balaban J connectivity index is 0.00000128. The Kier molecular flexibility index (Phi) is 3.88. The minimum atomic E-state index is -0.658. The molecule has 0 fully saturated rings. The summed E-state index contributed by atoms with van der Waals surface area (Å²) in [5.41, 5.74) is 7.55. The fourth-order valence-corrected chi connectivity index (χ4v) is 1.93. The van der Waals surface area contributed by atoms with Gasteiger partial charge in [0.25, 0.3) is 0 Å². The van der Waals surface area contributed by atoms with Gasteiger partial charge in [-0.25, -0.2) is 9.18 Å². The van der Waals surface area contributed by atoms with Crippen molar-refractivity contribution in [2.24, 2.45) is 5.73 Å². The maximum atomic E-state index is 13.5. The van der Waals surface area contributed by atoms with E-state index >= 15 is 0 Å². The van der Waals surface area contributed by atoms with E-state index in [4.69, 9.17) is 5.73 Å². The summed E-state index contributed by atoms with van der Waals surface area (Å²) in [7, 11) is 1.23. The number of carbonyl (C=O) groups is 1. The van der Waals surface area contributed by atoms with E-state index in [1.54, 1.807) is 0 Å². The molecule has 0 spiro atoms. The Morgan fingerprint density at radius 3 is 2.88 bits per heavy atom. The molecule has 88 valence electrons. The van der Waals surface area contributed by atoms with E-state index in [9.17, 15) is 9.18 Å². The highest BCUT2D eigenvalue weighted by molar-refractivity contribution is 5.90. The van der Waals surface area contributed by atoms with Gasteiger partial charge in [-0.1, -0.05) is 0 Å². The molecule has 0 saturated carbocycles. The molecule has 0 heterocycles. The summed E-state index contributed by atoms with van der Waals surface area (Å²) < 4.78 is 18.0. The SMILES string of the molecule is COC(=O)c1cc2c(cc1F)CC[C@H]2N.Cl. The predicted molar refractivity (Wildman–Crippen MR) is 60.2 cm³/mol. The molecule has 0 saturated heterocycles. The largest absolute Gasteiger partial charge is 0.465 e. The average molecular weight is 246 g/mol. The van der Waals surface area contributed by atoms with Crippen LogP contribution in [0.15, 0.2) is 12.1 Å². The first-order valence-electron chi connectivity index (χ1n) is 4.79. The molecule has 1 aromatic carbocycles. The lowest BCUT2D eigenvalue weighted by atomic mass is 10.0. The Labute approximate surface area is 99.2 Å². The summed E-state index contributed by atoms with van der Waals surface area (Å²) >= 11 is 0. The number of aryl methyl sites for hydroxylation is 1. The smallest absolute Gasteiger partial charge is 0.340 e. The van der Waals surface area contributed by atoms with Crippen LogP contribution in [0.4, 0.5) is 4.39 Å². The molecule has 0 unspecified atom stereocenters. The first-order chi connectivity index (χ1) is 7.13. The van der Waals surface area contributed by atoms with Gasteiger partial charge in [-0.05, 0) is 36.1 Å². The molecule has 0 amide bonds. The lowest BCUT2D eigenvalue weighted by Crippen LogP contribution is -2.09. The zero-order valence-electron chi connectivity index (χ0n) is 8.83. The van der Waals surface area contributed by atoms with Gasteiger partial charge in [0.15, 0.2) is 0 Å². The second-order valence-corrected chi connectivity index (χ2v) is 3.67. The van der Waals surface area contributed by atoms with Crippen molar-refractivity contribution in [1.29, 1.82) is 0 Å². The van der Waals surface area contributed by atoms with Crippen molar-refractivity contribution in [2.45, 2.75) is 18.9 Å². The van der Waals surface area contributed by atoms with Gasteiger partial charge < -0.3 is 10.5 Å². The quantitative estimate of drug-likeness (QED) is 0.770. The Bertz CT molecular complexity index is 423. The van der Waals surface area contributed by atoms with Gasteiger partial charge in [-0.2, -0.15) is 0 Å². The number of rotatable bonds is 1. The van der Waals surface area contributed by atoms with Crippen LogP contribution in [0.3, 0.4) is 0 Å². The van der Waals surface area contributed by atoms with Crippen LogP contribution in [0.1, 0.15) is 33.9 Å². The lowest BCUT2D eigenvalue weighted by Gasteiger charge is -2.07. The molecule has 2 N–H and O–H groups in total. The third-order valence-corrected chi connectivity index (χ3v) is 2.76. The number of nitrogens with two attached hydrogens (primary N) is 1. The number of fused-ring (bicyclic) bond motifs is 1. The van der Waals surface area contributed by atoms with Gasteiger partial charge in [0, 0.05) is 6.04 Å². The number of ether oxygens (including phenoxy) is 1. The topological polar surface area (TPSA) is 52.3 Å². The van der Waals surface area contributed by atoms with Crippen LogP contribution in [0.5, 0.6) is 0 Å². The monoisotopic (exact) mass is 245 g/mol. The van der Waals surface area contributed by atoms with Gasteiger partial charge in [-0.3, -0.25) is 0 Å². The van der Waals surface area contributed by atoms with E-state index in [1.807, 2.05) is 0 Å². The molecule has 0 aromatic heterocycles. The zero-order chi connectivity index (χ0) is 11.0. The van der Waals surface area contributed by atoms with Gasteiger partial charge in [0.2, 0.25) is 0 Å². The molecule has 1 aliphatic carbocycles. The van der Waals surface area contributed by atoms with Gasteiger partial charge >= 0.3 is 5.97 Å². The van der Waals surface area contributed by atoms with E-state index in [1.165, 1.54) is 19.2 Å². The molecular weight excluding hydrogens is 233 g/mol. The fraction of sp³-hybridized carbons (Fsp3) is 0.364. The number of methoxy groups -OCH3 is 1. The number of benzene rings is 1. The molecule has 0 bridgehead atoms. The van der Waals surface area contributed by atoms with E-state index in [-0.39, 0.29) is 24.0 Å². The number of esters is 1. The van der Waals surface area contributed by atoms with Crippen LogP contribution in [0.25, 0.3) is 0 Å². The summed E-state index contributed by atoms with van der Waals surface area (Å²) in [6.07, 6.45) is 1.58. The molecule has 5 heteroatoms. The first-order valence-corrected chi connectivity index (χ1v) is 4.79. The van der Waals surface area contributed by atoms with E-state index < -0.39 is 11.8 Å². The minimum Gasteiger partial charge on any atom is -0.465 e. The molecule has 0 aliphatic heterocycles. The molecular formula is C11H13ClFNO2. The van der Waals surface area contributed by atoms with Crippen LogP contribution in [-0.4, -0.2) is 13.1 Å². The fourth-order valence-electron chi connectivity index (χ4n) is 1.93. The Hall–Kier alpha value is -1.13. The molecule has 1 atom stereocenters. The maximum absolute atomic E-state index is 13.5. The van der Waals surface area contributed by atoms with Crippen LogP contribution in [0.2, 0.25) is 0 Å². The summed E-state index contributed by atoms with van der Waals surface area (Å²) in [6.45, 7) is 0. The highest BCUT2D eigenvalue weighted by atomic mass is 35.5.